The zero-order valence-electron chi connectivity index (χ0n) is 16.0. The van der Waals surface area contributed by atoms with Crippen molar-refractivity contribution < 1.29 is 14.3 Å². The van der Waals surface area contributed by atoms with E-state index in [0.717, 1.165) is 36.5 Å². The largest absolute Gasteiger partial charge is 0.494 e. The molecule has 1 amide bonds. The smallest absolute Gasteiger partial charge is 0.251 e. The quantitative estimate of drug-likeness (QED) is 0.675. The lowest BCUT2D eigenvalue weighted by molar-refractivity contribution is 0.0857. The molecule has 0 bridgehead atoms. The highest BCUT2D eigenvalue weighted by molar-refractivity contribution is 7.98. The standard InChI is InChI=1S/C22H27NO3S/c1-3-25-21-11-8-17(22(24)23-14-19-5-4-12-26-19)13-18(21)15-27-20-9-6-16(2)7-10-20/h6-11,13,19H,3-5,12,14-15H2,1-2H3,(H,23,24)/t19-/m0/s1. The fraction of sp³-hybridized carbons (Fsp3) is 0.409. The van der Waals surface area contributed by atoms with Crippen LogP contribution in [-0.2, 0) is 10.5 Å². The lowest BCUT2D eigenvalue weighted by atomic mass is 10.1. The molecule has 0 unspecified atom stereocenters. The second kappa shape index (κ2) is 9.81. The Hall–Kier alpha value is -1.98. The molecule has 1 fully saturated rings. The summed E-state index contributed by atoms with van der Waals surface area (Å²) in [7, 11) is 0. The summed E-state index contributed by atoms with van der Waals surface area (Å²) < 4.78 is 11.3. The maximum absolute atomic E-state index is 12.5. The fourth-order valence-corrected chi connectivity index (χ4v) is 3.92. The topological polar surface area (TPSA) is 47.6 Å². The van der Waals surface area contributed by atoms with Crippen LogP contribution in [-0.4, -0.2) is 31.8 Å². The van der Waals surface area contributed by atoms with E-state index in [1.165, 1.54) is 10.5 Å². The Kier molecular flexibility index (Phi) is 7.18. The minimum Gasteiger partial charge on any atom is -0.494 e. The second-order valence-electron chi connectivity index (χ2n) is 6.70. The first-order valence-corrected chi connectivity index (χ1v) is 10.5. The SMILES string of the molecule is CCOc1ccc(C(=O)NC[C@@H]2CCCO2)cc1CSc1ccc(C)cc1. The molecule has 5 heteroatoms. The highest BCUT2D eigenvalue weighted by Crippen LogP contribution is 2.29. The molecule has 0 spiro atoms. The van der Waals surface area contributed by atoms with E-state index in [-0.39, 0.29) is 12.0 Å². The molecule has 1 atom stereocenters. The number of rotatable bonds is 8. The molecule has 0 aromatic heterocycles. The van der Waals surface area contributed by atoms with Crippen molar-refractivity contribution in [2.24, 2.45) is 0 Å². The molecule has 0 radical (unpaired) electrons. The number of aryl methyl sites for hydroxylation is 1. The van der Waals surface area contributed by atoms with Gasteiger partial charge in [0.1, 0.15) is 5.75 Å². The Morgan fingerprint density at radius 1 is 1.26 bits per heavy atom. The van der Waals surface area contributed by atoms with Gasteiger partial charge < -0.3 is 14.8 Å². The normalized spacial score (nSPS) is 16.3. The summed E-state index contributed by atoms with van der Waals surface area (Å²) in [5.41, 5.74) is 2.95. The van der Waals surface area contributed by atoms with E-state index in [1.54, 1.807) is 11.8 Å². The van der Waals surface area contributed by atoms with Crippen LogP contribution >= 0.6 is 11.8 Å². The van der Waals surface area contributed by atoms with Gasteiger partial charge >= 0.3 is 0 Å². The van der Waals surface area contributed by atoms with E-state index >= 15 is 0 Å². The molecule has 2 aromatic carbocycles. The lowest BCUT2D eigenvalue weighted by Crippen LogP contribution is -2.31. The maximum Gasteiger partial charge on any atom is 0.251 e. The Bertz CT molecular complexity index is 755. The number of nitrogens with one attached hydrogen (secondary N) is 1. The fourth-order valence-electron chi connectivity index (χ4n) is 3.04. The van der Waals surface area contributed by atoms with Crippen LogP contribution in [0.4, 0.5) is 0 Å². The molecule has 27 heavy (non-hydrogen) atoms. The number of amides is 1. The summed E-state index contributed by atoms with van der Waals surface area (Å²) in [5.74, 6) is 1.54. The molecular weight excluding hydrogens is 358 g/mol. The Balaban J connectivity index is 1.67. The third-order valence-corrected chi connectivity index (χ3v) is 5.61. The third-order valence-electron chi connectivity index (χ3n) is 4.55. The average molecular weight is 386 g/mol. The number of ether oxygens (including phenoxy) is 2. The molecule has 3 rings (SSSR count). The lowest BCUT2D eigenvalue weighted by Gasteiger charge is -2.14. The first-order valence-electron chi connectivity index (χ1n) is 9.50. The van der Waals surface area contributed by atoms with Gasteiger partial charge in [0, 0.05) is 34.9 Å². The van der Waals surface area contributed by atoms with Crippen LogP contribution in [0.1, 0.15) is 41.3 Å². The molecule has 1 heterocycles. The van der Waals surface area contributed by atoms with Gasteiger partial charge in [-0.3, -0.25) is 4.79 Å². The molecule has 1 aliphatic rings. The predicted octanol–water partition coefficient (Wildman–Crippen LogP) is 4.59. The van der Waals surface area contributed by atoms with Crippen molar-refractivity contribution in [3.63, 3.8) is 0 Å². The second-order valence-corrected chi connectivity index (χ2v) is 7.75. The summed E-state index contributed by atoms with van der Waals surface area (Å²) in [6.45, 7) is 6.02. The van der Waals surface area contributed by atoms with Gasteiger partial charge in [-0.15, -0.1) is 11.8 Å². The highest BCUT2D eigenvalue weighted by Gasteiger charge is 2.17. The van der Waals surface area contributed by atoms with Crippen molar-refractivity contribution in [2.45, 2.75) is 43.4 Å². The zero-order valence-corrected chi connectivity index (χ0v) is 16.8. The molecule has 1 aliphatic heterocycles. The van der Waals surface area contributed by atoms with Gasteiger partial charge in [0.2, 0.25) is 0 Å². The van der Waals surface area contributed by atoms with Gasteiger partial charge in [-0.1, -0.05) is 17.7 Å². The number of thioether (sulfide) groups is 1. The molecule has 2 aromatic rings. The van der Waals surface area contributed by atoms with Gasteiger partial charge in [-0.2, -0.15) is 0 Å². The summed E-state index contributed by atoms with van der Waals surface area (Å²) >= 11 is 1.74. The van der Waals surface area contributed by atoms with E-state index in [4.69, 9.17) is 9.47 Å². The van der Waals surface area contributed by atoms with E-state index in [2.05, 4.69) is 36.5 Å². The van der Waals surface area contributed by atoms with Crippen LogP contribution in [0.5, 0.6) is 5.75 Å². The zero-order chi connectivity index (χ0) is 19.1. The van der Waals surface area contributed by atoms with Crippen LogP contribution in [0.2, 0.25) is 0 Å². The first kappa shape index (κ1) is 19.8. The number of benzene rings is 2. The van der Waals surface area contributed by atoms with Crippen molar-refractivity contribution >= 4 is 17.7 Å². The van der Waals surface area contributed by atoms with Crippen LogP contribution in [0, 0.1) is 6.92 Å². The Morgan fingerprint density at radius 3 is 2.78 bits per heavy atom. The molecular formula is C22H27NO3S. The summed E-state index contributed by atoms with van der Waals surface area (Å²) in [4.78, 5) is 13.7. The van der Waals surface area contributed by atoms with Crippen molar-refractivity contribution in [3.8, 4) is 5.75 Å². The molecule has 1 N–H and O–H groups in total. The Morgan fingerprint density at radius 2 is 2.07 bits per heavy atom. The van der Waals surface area contributed by atoms with Crippen LogP contribution < -0.4 is 10.1 Å². The third kappa shape index (κ3) is 5.75. The van der Waals surface area contributed by atoms with Gasteiger partial charge in [0.05, 0.1) is 12.7 Å². The van der Waals surface area contributed by atoms with Gasteiger partial charge in [-0.05, 0) is 57.0 Å². The number of carbonyl (C=O) groups excluding carboxylic acids is 1. The van der Waals surface area contributed by atoms with E-state index in [1.807, 2.05) is 25.1 Å². The number of hydrogen-bond donors (Lipinski definition) is 1. The number of carbonyl (C=O) groups is 1. The molecule has 4 nitrogen and oxygen atoms in total. The van der Waals surface area contributed by atoms with E-state index in [9.17, 15) is 4.79 Å². The summed E-state index contributed by atoms with van der Waals surface area (Å²) in [6.07, 6.45) is 2.24. The van der Waals surface area contributed by atoms with Crippen LogP contribution in [0.15, 0.2) is 47.4 Å². The van der Waals surface area contributed by atoms with E-state index in [0.29, 0.717) is 18.7 Å². The van der Waals surface area contributed by atoms with Crippen molar-refractivity contribution in [2.75, 3.05) is 19.8 Å². The molecule has 0 aliphatic carbocycles. The summed E-state index contributed by atoms with van der Waals surface area (Å²) in [6, 6.07) is 14.1. The van der Waals surface area contributed by atoms with Gasteiger partial charge in [-0.25, -0.2) is 0 Å². The Labute approximate surface area is 165 Å². The summed E-state index contributed by atoms with van der Waals surface area (Å²) in [5, 5.41) is 2.99. The highest BCUT2D eigenvalue weighted by atomic mass is 32.2. The molecule has 0 saturated carbocycles. The van der Waals surface area contributed by atoms with Crippen molar-refractivity contribution in [1.29, 1.82) is 0 Å². The van der Waals surface area contributed by atoms with Crippen LogP contribution in [0.25, 0.3) is 0 Å². The molecule has 1 saturated heterocycles. The predicted molar refractivity (Wildman–Crippen MR) is 110 cm³/mol. The van der Waals surface area contributed by atoms with Crippen molar-refractivity contribution in [1.82, 2.24) is 5.32 Å². The minimum atomic E-state index is -0.0601. The molecule has 144 valence electrons. The minimum absolute atomic E-state index is 0.0601. The first-order chi connectivity index (χ1) is 13.2. The monoisotopic (exact) mass is 385 g/mol. The van der Waals surface area contributed by atoms with Gasteiger partial charge in [0.15, 0.2) is 0 Å². The van der Waals surface area contributed by atoms with Crippen molar-refractivity contribution in [3.05, 3.63) is 59.2 Å². The number of hydrogen-bond acceptors (Lipinski definition) is 4. The van der Waals surface area contributed by atoms with Crippen LogP contribution in [0.3, 0.4) is 0 Å². The average Bonchev–Trinajstić information content (AvgIpc) is 3.20. The van der Waals surface area contributed by atoms with E-state index < -0.39 is 0 Å². The van der Waals surface area contributed by atoms with Gasteiger partial charge in [0.25, 0.3) is 5.91 Å². The maximum atomic E-state index is 12.5.